The summed E-state index contributed by atoms with van der Waals surface area (Å²) in [5, 5.41) is 23.7. The Labute approximate surface area is 379 Å². The smallest absolute Gasteiger partial charge is 0.306 e. The molecule has 0 aliphatic rings. The molecule has 0 saturated carbocycles. The Morgan fingerprint density at radius 3 is 1.33 bits per heavy atom. The molecule has 0 saturated heterocycles. The standard InChI is InChI=1S/C55H103NO5/c1-4-7-10-13-16-19-22-24-25-26-27-28-29-30-33-36-39-42-45-48-55(60)61-51(46-43-40-37-34-31-21-18-15-12-9-6-3)49-54(59)56-52(50-57)53(58)47-44-41-38-35-32-23-20-17-14-11-8-5-2/h9,12,15,18,21,31,51-53,57-58H,4-8,10-11,13-14,16-17,19-20,22-30,32-50H2,1-3H3,(H,56,59)/b12-9+,18-15+,31-21-. The highest BCUT2D eigenvalue weighted by Gasteiger charge is 2.24. The minimum absolute atomic E-state index is 0.0583. The second-order valence-electron chi connectivity index (χ2n) is 18.3. The number of esters is 1. The Kier molecular flexibility index (Phi) is 47.6. The van der Waals surface area contributed by atoms with Gasteiger partial charge in [0.1, 0.15) is 6.10 Å². The topological polar surface area (TPSA) is 95.9 Å². The van der Waals surface area contributed by atoms with Crippen molar-refractivity contribution >= 4 is 11.9 Å². The molecule has 3 atom stereocenters. The molecule has 3 unspecified atom stereocenters. The van der Waals surface area contributed by atoms with Crippen molar-refractivity contribution < 1.29 is 24.5 Å². The minimum atomic E-state index is -0.794. The molecule has 358 valence electrons. The van der Waals surface area contributed by atoms with Crippen LogP contribution in [0.2, 0.25) is 0 Å². The third-order valence-electron chi connectivity index (χ3n) is 12.3. The molecular weight excluding hydrogens is 755 g/mol. The summed E-state index contributed by atoms with van der Waals surface area (Å²) in [7, 11) is 0. The van der Waals surface area contributed by atoms with Crippen molar-refractivity contribution in [3.8, 4) is 0 Å². The van der Waals surface area contributed by atoms with Crippen molar-refractivity contribution in [2.75, 3.05) is 6.61 Å². The van der Waals surface area contributed by atoms with Crippen LogP contribution < -0.4 is 5.32 Å². The van der Waals surface area contributed by atoms with Gasteiger partial charge in [0.2, 0.25) is 5.91 Å². The van der Waals surface area contributed by atoms with Gasteiger partial charge in [-0.25, -0.2) is 0 Å². The van der Waals surface area contributed by atoms with E-state index in [1.165, 1.54) is 161 Å². The maximum atomic E-state index is 13.2. The van der Waals surface area contributed by atoms with Gasteiger partial charge in [-0.05, 0) is 44.9 Å². The van der Waals surface area contributed by atoms with Crippen molar-refractivity contribution in [1.29, 1.82) is 0 Å². The van der Waals surface area contributed by atoms with Crippen molar-refractivity contribution in [3.63, 3.8) is 0 Å². The van der Waals surface area contributed by atoms with E-state index in [0.29, 0.717) is 19.3 Å². The van der Waals surface area contributed by atoms with Crippen LogP contribution in [0.5, 0.6) is 0 Å². The molecule has 0 bridgehead atoms. The van der Waals surface area contributed by atoms with Crippen LogP contribution in [0.15, 0.2) is 36.5 Å². The number of carbonyl (C=O) groups is 2. The van der Waals surface area contributed by atoms with Crippen LogP contribution in [-0.2, 0) is 14.3 Å². The summed E-state index contributed by atoms with van der Waals surface area (Å²) in [6.45, 7) is 6.36. The number of ether oxygens (including phenoxy) is 1. The fourth-order valence-corrected chi connectivity index (χ4v) is 8.26. The van der Waals surface area contributed by atoms with Crippen molar-refractivity contribution in [2.45, 2.75) is 296 Å². The number of nitrogens with one attached hydrogen (secondary N) is 1. The number of aliphatic hydroxyl groups is 2. The van der Waals surface area contributed by atoms with Gasteiger partial charge in [-0.3, -0.25) is 9.59 Å². The predicted octanol–water partition coefficient (Wildman–Crippen LogP) is 16.1. The van der Waals surface area contributed by atoms with Gasteiger partial charge in [-0.2, -0.15) is 0 Å². The Morgan fingerprint density at radius 1 is 0.492 bits per heavy atom. The lowest BCUT2D eigenvalue weighted by molar-refractivity contribution is -0.151. The van der Waals surface area contributed by atoms with Crippen LogP contribution in [0, 0.1) is 0 Å². The van der Waals surface area contributed by atoms with Crippen LogP contribution in [0.4, 0.5) is 0 Å². The molecule has 0 aromatic rings. The van der Waals surface area contributed by atoms with Crippen molar-refractivity contribution in [2.24, 2.45) is 0 Å². The molecule has 0 radical (unpaired) electrons. The first kappa shape index (κ1) is 59.1. The van der Waals surface area contributed by atoms with Gasteiger partial charge in [-0.1, -0.05) is 256 Å². The molecule has 61 heavy (non-hydrogen) atoms. The predicted molar refractivity (Wildman–Crippen MR) is 264 cm³/mol. The summed E-state index contributed by atoms with van der Waals surface area (Å²) in [6.07, 6.45) is 57.9. The molecule has 0 aliphatic heterocycles. The Morgan fingerprint density at radius 2 is 0.885 bits per heavy atom. The summed E-state index contributed by atoms with van der Waals surface area (Å²) in [6, 6.07) is -0.709. The molecule has 6 nitrogen and oxygen atoms in total. The summed E-state index contributed by atoms with van der Waals surface area (Å²) >= 11 is 0. The number of amides is 1. The third kappa shape index (κ3) is 44.5. The molecule has 0 aliphatic carbocycles. The number of aliphatic hydroxyl groups excluding tert-OH is 2. The molecule has 0 aromatic carbocycles. The van der Waals surface area contributed by atoms with E-state index in [2.05, 4.69) is 56.5 Å². The van der Waals surface area contributed by atoms with Gasteiger partial charge in [0.25, 0.3) is 0 Å². The number of carbonyl (C=O) groups excluding carboxylic acids is 2. The van der Waals surface area contributed by atoms with Gasteiger partial charge in [0.05, 0.1) is 25.2 Å². The molecule has 3 N–H and O–H groups in total. The first-order chi connectivity index (χ1) is 30.0. The van der Waals surface area contributed by atoms with Crippen LogP contribution in [0.1, 0.15) is 278 Å². The summed E-state index contributed by atoms with van der Waals surface area (Å²) in [4.78, 5) is 26.1. The number of rotatable bonds is 48. The van der Waals surface area contributed by atoms with E-state index >= 15 is 0 Å². The number of unbranched alkanes of at least 4 members (excludes halogenated alkanes) is 32. The van der Waals surface area contributed by atoms with Crippen LogP contribution in [0.3, 0.4) is 0 Å². The van der Waals surface area contributed by atoms with E-state index in [-0.39, 0.29) is 24.9 Å². The van der Waals surface area contributed by atoms with E-state index in [1.54, 1.807) is 0 Å². The Bertz CT molecular complexity index is 1010. The normalized spacial score (nSPS) is 13.5. The number of hydrogen-bond acceptors (Lipinski definition) is 5. The number of allylic oxidation sites excluding steroid dienone is 6. The largest absolute Gasteiger partial charge is 0.462 e. The zero-order chi connectivity index (χ0) is 44.5. The second-order valence-corrected chi connectivity index (χ2v) is 18.3. The highest BCUT2D eigenvalue weighted by Crippen LogP contribution is 2.18. The Hall–Kier alpha value is -1.92. The van der Waals surface area contributed by atoms with E-state index in [9.17, 15) is 19.8 Å². The highest BCUT2D eigenvalue weighted by atomic mass is 16.5. The zero-order valence-corrected chi connectivity index (χ0v) is 40.8. The van der Waals surface area contributed by atoms with E-state index in [4.69, 9.17) is 4.74 Å². The molecule has 0 fully saturated rings. The van der Waals surface area contributed by atoms with Crippen LogP contribution in [-0.4, -0.2) is 46.9 Å². The van der Waals surface area contributed by atoms with Crippen molar-refractivity contribution in [1.82, 2.24) is 5.32 Å². The summed E-state index contributed by atoms with van der Waals surface area (Å²) < 4.78 is 5.92. The number of hydrogen-bond donors (Lipinski definition) is 3. The molecular formula is C55H103NO5. The van der Waals surface area contributed by atoms with Crippen LogP contribution in [0.25, 0.3) is 0 Å². The van der Waals surface area contributed by atoms with Crippen molar-refractivity contribution in [3.05, 3.63) is 36.5 Å². The SMILES string of the molecule is CC/C=C/C=C/C=C\CCCCCC(CC(=O)NC(CO)C(O)CCCCCCCCCCCCCC)OC(=O)CCCCCCCCCCCCCCCCCCCCC. The highest BCUT2D eigenvalue weighted by molar-refractivity contribution is 5.77. The zero-order valence-electron chi connectivity index (χ0n) is 40.8. The first-order valence-corrected chi connectivity index (χ1v) is 26.7. The fourth-order valence-electron chi connectivity index (χ4n) is 8.26. The van der Waals surface area contributed by atoms with Gasteiger partial charge in [0, 0.05) is 6.42 Å². The molecule has 6 heteroatoms. The lowest BCUT2D eigenvalue weighted by Gasteiger charge is -2.24. The third-order valence-corrected chi connectivity index (χ3v) is 12.3. The monoisotopic (exact) mass is 858 g/mol. The average molecular weight is 858 g/mol. The molecule has 0 rings (SSSR count). The van der Waals surface area contributed by atoms with E-state index in [1.807, 2.05) is 6.08 Å². The quantitative estimate of drug-likeness (QED) is 0.0322. The van der Waals surface area contributed by atoms with E-state index < -0.39 is 18.2 Å². The Balaban J connectivity index is 4.46. The molecule has 0 spiro atoms. The summed E-state index contributed by atoms with van der Waals surface area (Å²) in [5.74, 6) is -0.497. The molecule has 0 aromatic heterocycles. The molecule has 1 amide bonds. The van der Waals surface area contributed by atoms with E-state index in [0.717, 1.165) is 70.6 Å². The minimum Gasteiger partial charge on any atom is -0.462 e. The van der Waals surface area contributed by atoms with Gasteiger partial charge in [-0.15, -0.1) is 0 Å². The summed E-state index contributed by atoms with van der Waals surface area (Å²) in [5.41, 5.74) is 0. The van der Waals surface area contributed by atoms with Gasteiger partial charge >= 0.3 is 5.97 Å². The maximum absolute atomic E-state index is 13.2. The lowest BCUT2D eigenvalue weighted by atomic mass is 10.0. The molecule has 0 heterocycles. The second kappa shape index (κ2) is 49.1. The average Bonchev–Trinajstić information content (AvgIpc) is 3.25. The maximum Gasteiger partial charge on any atom is 0.306 e. The first-order valence-electron chi connectivity index (χ1n) is 26.7. The van der Waals surface area contributed by atoms with Crippen LogP contribution >= 0.6 is 0 Å². The van der Waals surface area contributed by atoms with Gasteiger partial charge in [0.15, 0.2) is 0 Å². The fraction of sp³-hybridized carbons (Fsp3) is 0.855. The lowest BCUT2D eigenvalue weighted by Crippen LogP contribution is -2.46. The van der Waals surface area contributed by atoms with Gasteiger partial charge < -0.3 is 20.3 Å².